The van der Waals surface area contributed by atoms with E-state index in [0.29, 0.717) is 0 Å². The van der Waals surface area contributed by atoms with Gasteiger partial charge < -0.3 is 0 Å². The SMILES string of the molecule is C=CCC1=C(C)C=COO1. The number of hydrogen-bond donors (Lipinski definition) is 0. The lowest BCUT2D eigenvalue weighted by Crippen LogP contribution is -1.96. The lowest BCUT2D eigenvalue weighted by molar-refractivity contribution is -0.216. The Kier molecular flexibility index (Phi) is 2.15. The fourth-order valence-electron chi connectivity index (χ4n) is 0.700. The zero-order valence-electron chi connectivity index (χ0n) is 5.96. The minimum atomic E-state index is 0.718. The third kappa shape index (κ3) is 1.41. The molecule has 0 spiro atoms. The first-order valence-corrected chi connectivity index (χ1v) is 3.15. The van der Waals surface area contributed by atoms with Crippen LogP contribution in [-0.4, -0.2) is 0 Å². The summed E-state index contributed by atoms with van der Waals surface area (Å²) in [7, 11) is 0. The Morgan fingerprint density at radius 3 is 3.10 bits per heavy atom. The first-order valence-electron chi connectivity index (χ1n) is 3.15. The molecule has 2 nitrogen and oxygen atoms in total. The second kappa shape index (κ2) is 3.11. The molecule has 0 saturated heterocycles. The largest absolute Gasteiger partial charge is 0.298 e. The Hall–Kier alpha value is -1.18. The Labute approximate surface area is 60.4 Å². The quantitative estimate of drug-likeness (QED) is 0.430. The van der Waals surface area contributed by atoms with Crippen LogP contribution in [0.4, 0.5) is 0 Å². The Morgan fingerprint density at radius 2 is 2.50 bits per heavy atom. The monoisotopic (exact) mass is 138 g/mol. The summed E-state index contributed by atoms with van der Waals surface area (Å²) in [6.45, 7) is 5.57. The maximum absolute atomic E-state index is 4.85. The summed E-state index contributed by atoms with van der Waals surface area (Å²) in [5, 5.41) is 0. The third-order valence-electron chi connectivity index (χ3n) is 1.29. The van der Waals surface area contributed by atoms with Crippen molar-refractivity contribution in [3.63, 3.8) is 0 Å². The van der Waals surface area contributed by atoms with Gasteiger partial charge in [-0.05, 0) is 18.6 Å². The van der Waals surface area contributed by atoms with Crippen molar-refractivity contribution in [2.24, 2.45) is 0 Å². The van der Waals surface area contributed by atoms with E-state index in [-0.39, 0.29) is 0 Å². The lowest BCUT2D eigenvalue weighted by Gasteiger charge is -2.10. The highest BCUT2D eigenvalue weighted by molar-refractivity contribution is 5.21. The first kappa shape index (κ1) is 6.93. The molecule has 0 aromatic carbocycles. The van der Waals surface area contributed by atoms with Crippen LogP contribution >= 0.6 is 0 Å². The third-order valence-corrected chi connectivity index (χ3v) is 1.29. The molecule has 0 bridgehead atoms. The molecule has 54 valence electrons. The first-order chi connectivity index (χ1) is 4.84. The van der Waals surface area contributed by atoms with Crippen molar-refractivity contribution in [3.05, 3.63) is 36.3 Å². The zero-order valence-corrected chi connectivity index (χ0v) is 5.96. The number of rotatable bonds is 2. The molecule has 1 rings (SSSR count). The van der Waals surface area contributed by atoms with Gasteiger partial charge in [0.05, 0.1) is 0 Å². The standard InChI is InChI=1S/C8H10O2/c1-3-4-8-7(2)5-6-9-10-8/h3,5-6H,1,4H2,2H3. The van der Waals surface area contributed by atoms with Crippen LogP contribution in [0.15, 0.2) is 36.3 Å². The van der Waals surface area contributed by atoms with Crippen molar-refractivity contribution in [2.45, 2.75) is 13.3 Å². The van der Waals surface area contributed by atoms with E-state index in [4.69, 9.17) is 4.89 Å². The molecule has 1 heterocycles. The van der Waals surface area contributed by atoms with Crippen molar-refractivity contribution in [2.75, 3.05) is 0 Å². The highest BCUT2D eigenvalue weighted by Gasteiger charge is 2.04. The van der Waals surface area contributed by atoms with Crippen LogP contribution in [0.5, 0.6) is 0 Å². The summed E-state index contributed by atoms with van der Waals surface area (Å²) in [5.74, 6) is 0.831. The van der Waals surface area contributed by atoms with Crippen LogP contribution in [0.25, 0.3) is 0 Å². The lowest BCUT2D eigenvalue weighted by atomic mass is 10.2. The van der Waals surface area contributed by atoms with Gasteiger partial charge in [-0.25, -0.2) is 0 Å². The minimum Gasteiger partial charge on any atom is -0.298 e. The van der Waals surface area contributed by atoms with Crippen LogP contribution in [0.1, 0.15) is 13.3 Å². The minimum absolute atomic E-state index is 0.718. The van der Waals surface area contributed by atoms with Gasteiger partial charge in [-0.3, -0.25) is 9.78 Å². The molecular formula is C8H10O2. The second-order valence-corrected chi connectivity index (χ2v) is 2.08. The van der Waals surface area contributed by atoms with E-state index >= 15 is 0 Å². The molecule has 0 atom stereocenters. The summed E-state index contributed by atoms with van der Waals surface area (Å²) in [4.78, 5) is 9.47. The summed E-state index contributed by atoms with van der Waals surface area (Å²) < 4.78 is 0. The van der Waals surface area contributed by atoms with Gasteiger partial charge in [0.2, 0.25) is 0 Å². The molecule has 2 heteroatoms. The number of hydrogen-bond acceptors (Lipinski definition) is 2. The van der Waals surface area contributed by atoms with Crippen LogP contribution in [0.2, 0.25) is 0 Å². The molecule has 0 amide bonds. The predicted molar refractivity (Wildman–Crippen MR) is 38.8 cm³/mol. The zero-order chi connectivity index (χ0) is 7.40. The van der Waals surface area contributed by atoms with Gasteiger partial charge in [0.15, 0.2) is 5.76 Å². The second-order valence-electron chi connectivity index (χ2n) is 2.08. The van der Waals surface area contributed by atoms with Crippen LogP contribution in [0, 0.1) is 0 Å². The highest BCUT2D eigenvalue weighted by Crippen LogP contribution is 2.16. The molecule has 0 aromatic rings. The number of allylic oxidation sites excluding steroid dienone is 3. The molecule has 0 unspecified atom stereocenters. The Morgan fingerprint density at radius 1 is 1.70 bits per heavy atom. The van der Waals surface area contributed by atoms with E-state index in [1.165, 1.54) is 6.26 Å². The van der Waals surface area contributed by atoms with Crippen molar-refractivity contribution < 1.29 is 9.78 Å². The van der Waals surface area contributed by atoms with Crippen LogP contribution < -0.4 is 0 Å². The van der Waals surface area contributed by atoms with Gasteiger partial charge in [-0.2, -0.15) is 0 Å². The fourth-order valence-corrected chi connectivity index (χ4v) is 0.700. The van der Waals surface area contributed by atoms with Crippen molar-refractivity contribution >= 4 is 0 Å². The van der Waals surface area contributed by atoms with E-state index in [9.17, 15) is 0 Å². The van der Waals surface area contributed by atoms with E-state index in [2.05, 4.69) is 11.5 Å². The Balaban J connectivity index is 2.68. The molecular weight excluding hydrogens is 128 g/mol. The van der Waals surface area contributed by atoms with Crippen molar-refractivity contribution in [1.29, 1.82) is 0 Å². The van der Waals surface area contributed by atoms with E-state index in [0.717, 1.165) is 17.8 Å². The maximum atomic E-state index is 4.85. The van der Waals surface area contributed by atoms with Crippen molar-refractivity contribution in [3.8, 4) is 0 Å². The van der Waals surface area contributed by atoms with Gasteiger partial charge in [-0.15, -0.1) is 6.58 Å². The van der Waals surface area contributed by atoms with Crippen LogP contribution in [0.3, 0.4) is 0 Å². The van der Waals surface area contributed by atoms with Gasteiger partial charge in [0, 0.05) is 6.42 Å². The molecule has 10 heavy (non-hydrogen) atoms. The molecule has 0 fully saturated rings. The maximum Gasteiger partial charge on any atom is 0.162 e. The fraction of sp³-hybridized carbons (Fsp3) is 0.250. The molecule has 0 saturated carbocycles. The highest BCUT2D eigenvalue weighted by atomic mass is 17.2. The molecule has 1 aliphatic rings. The normalized spacial score (nSPS) is 16.1. The molecule has 0 N–H and O–H groups in total. The van der Waals surface area contributed by atoms with Gasteiger partial charge in [0.1, 0.15) is 6.26 Å². The van der Waals surface area contributed by atoms with E-state index in [1.807, 2.05) is 13.0 Å². The smallest absolute Gasteiger partial charge is 0.162 e. The summed E-state index contributed by atoms with van der Waals surface area (Å²) in [5.41, 5.74) is 1.09. The van der Waals surface area contributed by atoms with E-state index < -0.39 is 0 Å². The molecule has 0 aliphatic carbocycles. The Bertz CT molecular complexity index is 189. The van der Waals surface area contributed by atoms with Gasteiger partial charge >= 0.3 is 0 Å². The topological polar surface area (TPSA) is 18.5 Å². The van der Waals surface area contributed by atoms with E-state index in [1.54, 1.807) is 6.08 Å². The summed E-state index contributed by atoms with van der Waals surface area (Å²) >= 11 is 0. The van der Waals surface area contributed by atoms with Gasteiger partial charge in [0.25, 0.3) is 0 Å². The average molecular weight is 138 g/mol. The average Bonchev–Trinajstić information content (AvgIpc) is 1.94. The molecule has 1 aliphatic heterocycles. The summed E-state index contributed by atoms with van der Waals surface area (Å²) in [6, 6.07) is 0. The van der Waals surface area contributed by atoms with Crippen molar-refractivity contribution in [1.82, 2.24) is 0 Å². The van der Waals surface area contributed by atoms with Gasteiger partial charge in [-0.1, -0.05) is 6.08 Å². The van der Waals surface area contributed by atoms with Crippen LogP contribution in [-0.2, 0) is 9.78 Å². The molecule has 0 aromatic heterocycles. The predicted octanol–water partition coefficient (Wildman–Crippen LogP) is 2.31. The molecule has 0 radical (unpaired) electrons. The summed E-state index contributed by atoms with van der Waals surface area (Å²) in [6.07, 6.45) is 5.88.